The van der Waals surface area contributed by atoms with Gasteiger partial charge in [-0.2, -0.15) is 5.26 Å². The molecular weight excluding hydrogens is 429 g/mol. The summed E-state index contributed by atoms with van der Waals surface area (Å²) in [5.74, 6) is -2.30. The Bertz CT molecular complexity index is 1120. The van der Waals surface area contributed by atoms with Crippen molar-refractivity contribution in [2.75, 3.05) is 12.9 Å². The summed E-state index contributed by atoms with van der Waals surface area (Å²) in [5, 5.41) is 16.2. The van der Waals surface area contributed by atoms with Gasteiger partial charge < -0.3 is 15.4 Å². The average molecular weight is 452 g/mol. The molecule has 2 aromatic rings. The number of amides is 1. The third kappa shape index (κ3) is 5.18. The maximum Gasteiger partial charge on any atom is 0.336 e. The second kappa shape index (κ2) is 10.6. The van der Waals surface area contributed by atoms with Crippen LogP contribution in [0.4, 0.5) is 4.39 Å². The van der Waals surface area contributed by atoms with Gasteiger partial charge in [0, 0.05) is 17.8 Å². The monoisotopic (exact) mass is 451 g/mol. The lowest BCUT2D eigenvalue weighted by Crippen LogP contribution is -2.30. The minimum atomic E-state index is -0.940. The highest BCUT2D eigenvalue weighted by Gasteiger charge is 2.36. The van der Waals surface area contributed by atoms with E-state index in [-0.39, 0.29) is 28.4 Å². The second-order valence-corrected chi connectivity index (χ2v) is 8.00. The van der Waals surface area contributed by atoms with Gasteiger partial charge in [-0.3, -0.25) is 4.79 Å². The topological polar surface area (TPSA) is 91.2 Å². The van der Waals surface area contributed by atoms with Crippen molar-refractivity contribution < 1.29 is 18.7 Å². The molecule has 1 aliphatic heterocycles. The van der Waals surface area contributed by atoms with Crippen molar-refractivity contribution in [1.82, 2.24) is 10.6 Å². The lowest BCUT2D eigenvalue weighted by atomic mass is 9.82. The first kappa shape index (κ1) is 23.1. The van der Waals surface area contributed by atoms with Gasteiger partial charge >= 0.3 is 5.97 Å². The number of hydrogen-bond donors (Lipinski definition) is 2. The van der Waals surface area contributed by atoms with Crippen molar-refractivity contribution in [2.45, 2.75) is 19.4 Å². The predicted molar refractivity (Wildman–Crippen MR) is 120 cm³/mol. The van der Waals surface area contributed by atoms with Gasteiger partial charge in [-0.1, -0.05) is 60.3 Å². The minimum absolute atomic E-state index is 0.0468. The maximum atomic E-state index is 14.7. The number of dihydropyridines is 1. The number of nitriles is 1. The number of allylic oxidation sites excluding steroid dienone is 2. The molecule has 0 saturated carbocycles. The van der Waals surface area contributed by atoms with Crippen LogP contribution >= 0.6 is 11.8 Å². The molecule has 0 radical (unpaired) electrons. The maximum absolute atomic E-state index is 14.7. The van der Waals surface area contributed by atoms with E-state index in [1.807, 2.05) is 30.3 Å². The van der Waals surface area contributed by atoms with E-state index in [0.717, 1.165) is 17.3 Å². The zero-order valence-corrected chi connectivity index (χ0v) is 18.5. The number of benzene rings is 2. The van der Waals surface area contributed by atoms with Crippen LogP contribution in [0.1, 0.15) is 24.0 Å². The molecule has 1 aliphatic rings. The van der Waals surface area contributed by atoms with E-state index < -0.39 is 17.7 Å². The van der Waals surface area contributed by atoms with Crippen molar-refractivity contribution in [2.24, 2.45) is 0 Å². The lowest BCUT2D eigenvalue weighted by molar-refractivity contribution is -0.136. The number of rotatable bonds is 7. The summed E-state index contributed by atoms with van der Waals surface area (Å²) in [5.41, 5.74) is 1.92. The fourth-order valence-corrected chi connectivity index (χ4v) is 4.33. The lowest BCUT2D eigenvalue weighted by Gasteiger charge is -2.29. The van der Waals surface area contributed by atoms with Crippen LogP contribution in [-0.2, 0) is 20.9 Å². The molecule has 1 amide bonds. The van der Waals surface area contributed by atoms with E-state index >= 15 is 0 Å². The SMILES string of the molecule is COC(=O)C1=C(C)NC(SCC(=O)NCc2ccccc2)=C(C#N)[C@H]1c1ccccc1F. The normalized spacial score (nSPS) is 15.6. The summed E-state index contributed by atoms with van der Waals surface area (Å²) in [7, 11) is 1.23. The number of nitrogens with one attached hydrogen (secondary N) is 2. The predicted octanol–water partition coefficient (Wildman–Crippen LogP) is 3.74. The zero-order valence-electron chi connectivity index (χ0n) is 17.6. The van der Waals surface area contributed by atoms with Crippen molar-refractivity contribution >= 4 is 23.6 Å². The highest BCUT2D eigenvalue weighted by Crippen LogP contribution is 2.41. The van der Waals surface area contributed by atoms with E-state index in [2.05, 4.69) is 16.7 Å². The number of esters is 1. The van der Waals surface area contributed by atoms with E-state index in [9.17, 15) is 19.2 Å². The zero-order chi connectivity index (χ0) is 23.1. The summed E-state index contributed by atoms with van der Waals surface area (Å²) in [6, 6.07) is 17.6. The van der Waals surface area contributed by atoms with E-state index in [0.29, 0.717) is 17.3 Å². The summed E-state index contributed by atoms with van der Waals surface area (Å²) in [4.78, 5) is 24.8. The molecule has 1 heterocycles. The highest BCUT2D eigenvalue weighted by molar-refractivity contribution is 8.03. The Kier molecular flexibility index (Phi) is 7.68. The fourth-order valence-electron chi connectivity index (χ4n) is 3.41. The first-order valence-corrected chi connectivity index (χ1v) is 10.8. The Balaban J connectivity index is 1.85. The number of carbonyl (C=O) groups excluding carboxylic acids is 2. The van der Waals surface area contributed by atoms with Gasteiger partial charge in [0.15, 0.2) is 0 Å². The number of methoxy groups -OCH3 is 1. The first-order chi connectivity index (χ1) is 15.5. The molecular formula is C24H22FN3O3S. The molecule has 0 spiro atoms. The van der Waals surface area contributed by atoms with Gasteiger partial charge in [-0.05, 0) is 18.6 Å². The number of hydrogen-bond acceptors (Lipinski definition) is 6. The number of ether oxygens (including phenoxy) is 1. The molecule has 0 saturated heterocycles. The molecule has 32 heavy (non-hydrogen) atoms. The van der Waals surface area contributed by atoms with E-state index in [1.165, 1.54) is 25.3 Å². The van der Waals surface area contributed by atoms with Gasteiger partial charge in [-0.15, -0.1) is 0 Å². The van der Waals surface area contributed by atoms with Crippen LogP contribution in [0.25, 0.3) is 0 Å². The van der Waals surface area contributed by atoms with Crippen LogP contribution in [-0.4, -0.2) is 24.7 Å². The fraction of sp³-hybridized carbons (Fsp3) is 0.208. The molecule has 0 aromatic heterocycles. The number of nitrogens with zero attached hydrogens (tertiary/aromatic N) is 1. The molecule has 3 rings (SSSR count). The molecule has 0 fully saturated rings. The molecule has 0 aliphatic carbocycles. The summed E-state index contributed by atoms with van der Waals surface area (Å²) in [6.45, 7) is 2.05. The van der Waals surface area contributed by atoms with Gasteiger partial charge in [0.2, 0.25) is 5.91 Å². The van der Waals surface area contributed by atoms with Crippen LogP contribution in [0, 0.1) is 17.1 Å². The van der Waals surface area contributed by atoms with Crippen molar-refractivity contribution in [1.29, 1.82) is 5.26 Å². The van der Waals surface area contributed by atoms with Crippen LogP contribution in [0.5, 0.6) is 0 Å². The summed E-state index contributed by atoms with van der Waals surface area (Å²) >= 11 is 1.13. The van der Waals surface area contributed by atoms with Gasteiger partial charge in [0.05, 0.1) is 41.0 Å². The van der Waals surface area contributed by atoms with Gasteiger partial charge in [-0.25, -0.2) is 9.18 Å². The molecule has 1 atom stereocenters. The Morgan fingerprint density at radius 3 is 2.53 bits per heavy atom. The molecule has 2 aromatic carbocycles. The van der Waals surface area contributed by atoms with Crippen molar-refractivity contribution in [3.05, 3.63) is 93.4 Å². The molecule has 2 N–H and O–H groups in total. The first-order valence-electron chi connectivity index (χ1n) is 9.84. The smallest absolute Gasteiger partial charge is 0.336 e. The number of thioether (sulfide) groups is 1. The van der Waals surface area contributed by atoms with Crippen molar-refractivity contribution in [3.63, 3.8) is 0 Å². The van der Waals surface area contributed by atoms with Crippen molar-refractivity contribution in [3.8, 4) is 6.07 Å². The van der Waals surface area contributed by atoms with Crippen LogP contribution in [0.15, 0.2) is 76.5 Å². The van der Waals surface area contributed by atoms with Crippen LogP contribution in [0.2, 0.25) is 0 Å². The Labute approximate surface area is 190 Å². The van der Waals surface area contributed by atoms with E-state index in [1.54, 1.807) is 13.0 Å². The molecule has 0 bridgehead atoms. The van der Waals surface area contributed by atoms with E-state index in [4.69, 9.17) is 4.74 Å². The Morgan fingerprint density at radius 2 is 1.88 bits per heavy atom. The third-order valence-corrected chi connectivity index (χ3v) is 5.97. The summed E-state index contributed by atoms with van der Waals surface area (Å²) < 4.78 is 19.5. The minimum Gasteiger partial charge on any atom is -0.466 e. The second-order valence-electron chi connectivity index (χ2n) is 7.02. The Morgan fingerprint density at radius 1 is 1.19 bits per heavy atom. The van der Waals surface area contributed by atoms with Crippen LogP contribution < -0.4 is 10.6 Å². The Hall–Kier alpha value is -3.57. The van der Waals surface area contributed by atoms with Crippen LogP contribution in [0.3, 0.4) is 0 Å². The molecule has 0 unspecified atom stereocenters. The van der Waals surface area contributed by atoms with Gasteiger partial charge in [0.1, 0.15) is 5.82 Å². The quantitative estimate of drug-likeness (QED) is 0.623. The van der Waals surface area contributed by atoms with Gasteiger partial charge in [0.25, 0.3) is 0 Å². The standard InChI is InChI=1S/C24H22FN3O3S/c1-15-21(24(30)31-2)22(17-10-6-7-11-19(17)25)18(12-26)23(28-15)32-14-20(29)27-13-16-8-4-3-5-9-16/h3-11,22,28H,13-14H2,1-2H3,(H,27,29)/t22-/m1/s1. The molecule has 6 nitrogen and oxygen atoms in total. The number of halogens is 1. The molecule has 164 valence electrons. The number of carbonyl (C=O) groups is 2. The summed E-state index contributed by atoms with van der Waals surface area (Å²) in [6.07, 6.45) is 0. The third-order valence-electron chi connectivity index (χ3n) is 4.95. The highest BCUT2D eigenvalue weighted by atomic mass is 32.2. The molecule has 8 heteroatoms. The average Bonchev–Trinajstić information content (AvgIpc) is 2.81. The largest absolute Gasteiger partial charge is 0.466 e.